The first kappa shape index (κ1) is 31.1. The number of amides is 2. The maximum absolute atomic E-state index is 13.6. The summed E-state index contributed by atoms with van der Waals surface area (Å²) in [5.74, 6) is 6.06. The SMILES string of the molecule is CC(C)C1NCCOc2ccccc2C#C[C@@H](C)NC(=O)[C@@H](Cc2ccccc2)NC(O)[C@H](C(C)O)N(C)C1=O. The third-order valence-electron chi connectivity index (χ3n) is 6.91. The summed E-state index contributed by atoms with van der Waals surface area (Å²) in [5, 5.41) is 31.1. The quantitative estimate of drug-likeness (QED) is 0.364. The van der Waals surface area contributed by atoms with Gasteiger partial charge in [-0.25, -0.2) is 0 Å². The summed E-state index contributed by atoms with van der Waals surface area (Å²) >= 11 is 0. The van der Waals surface area contributed by atoms with Crippen molar-refractivity contribution >= 4 is 11.8 Å². The second-order valence-corrected chi connectivity index (χ2v) is 10.6. The minimum absolute atomic E-state index is 0.0726. The van der Waals surface area contributed by atoms with Crippen molar-refractivity contribution in [2.45, 2.75) is 70.6 Å². The number of rotatable bonds is 4. The highest BCUT2D eigenvalue weighted by atomic mass is 16.5. The van der Waals surface area contributed by atoms with Crippen molar-refractivity contribution in [3.8, 4) is 17.6 Å². The topological polar surface area (TPSA) is 123 Å². The van der Waals surface area contributed by atoms with E-state index in [0.29, 0.717) is 24.5 Å². The van der Waals surface area contributed by atoms with Crippen LogP contribution in [-0.4, -0.2) is 83.6 Å². The van der Waals surface area contributed by atoms with Crippen molar-refractivity contribution in [2.75, 3.05) is 20.2 Å². The predicted molar refractivity (Wildman–Crippen MR) is 154 cm³/mol. The molecule has 2 aromatic carbocycles. The molecule has 9 nitrogen and oxygen atoms in total. The number of hydrogen-bond donors (Lipinski definition) is 5. The Labute approximate surface area is 237 Å². The van der Waals surface area contributed by atoms with E-state index in [4.69, 9.17) is 4.74 Å². The monoisotopic (exact) mass is 550 g/mol. The minimum atomic E-state index is -1.39. The number of para-hydroxylation sites is 1. The molecule has 0 aromatic heterocycles. The van der Waals surface area contributed by atoms with Gasteiger partial charge in [0, 0.05) is 13.6 Å². The largest absolute Gasteiger partial charge is 0.491 e. The molecule has 0 saturated heterocycles. The van der Waals surface area contributed by atoms with Crippen LogP contribution in [0.25, 0.3) is 0 Å². The van der Waals surface area contributed by atoms with Crippen LogP contribution in [0, 0.1) is 17.8 Å². The molecular formula is C31H42N4O5. The van der Waals surface area contributed by atoms with Crippen LogP contribution in [0.2, 0.25) is 0 Å². The summed E-state index contributed by atoms with van der Waals surface area (Å²) in [6.45, 7) is 7.84. The first-order valence-corrected chi connectivity index (χ1v) is 13.8. The molecule has 1 aliphatic heterocycles. The van der Waals surface area contributed by atoms with Crippen molar-refractivity contribution in [2.24, 2.45) is 5.92 Å². The molecule has 2 amide bonds. The normalized spacial score (nSPS) is 25.9. The second kappa shape index (κ2) is 14.8. The Balaban J connectivity index is 1.98. The highest BCUT2D eigenvalue weighted by Crippen LogP contribution is 2.17. The van der Waals surface area contributed by atoms with E-state index in [1.165, 1.54) is 11.8 Å². The zero-order valence-corrected chi connectivity index (χ0v) is 23.9. The molecule has 9 heteroatoms. The fourth-order valence-corrected chi connectivity index (χ4v) is 4.76. The number of benzene rings is 2. The molecule has 3 rings (SSSR count). The number of aliphatic hydroxyl groups is 2. The Morgan fingerprint density at radius 3 is 2.42 bits per heavy atom. The maximum atomic E-state index is 13.6. The van der Waals surface area contributed by atoms with E-state index in [9.17, 15) is 19.8 Å². The molecule has 0 saturated carbocycles. The summed E-state index contributed by atoms with van der Waals surface area (Å²) in [4.78, 5) is 28.4. The summed E-state index contributed by atoms with van der Waals surface area (Å²) < 4.78 is 5.97. The Morgan fingerprint density at radius 1 is 1.07 bits per heavy atom. The van der Waals surface area contributed by atoms with E-state index in [1.54, 1.807) is 14.0 Å². The number of likely N-dealkylation sites (N-methyl/N-ethyl adjacent to an activating group) is 1. The molecule has 0 fully saturated rings. The van der Waals surface area contributed by atoms with Crippen LogP contribution in [0.5, 0.6) is 5.75 Å². The van der Waals surface area contributed by atoms with Crippen LogP contribution in [0.15, 0.2) is 54.6 Å². The minimum Gasteiger partial charge on any atom is -0.491 e. The third-order valence-corrected chi connectivity index (χ3v) is 6.91. The van der Waals surface area contributed by atoms with Gasteiger partial charge in [0.25, 0.3) is 0 Å². The second-order valence-electron chi connectivity index (χ2n) is 10.6. The van der Waals surface area contributed by atoms with Crippen molar-refractivity contribution in [1.82, 2.24) is 20.9 Å². The van der Waals surface area contributed by atoms with Gasteiger partial charge in [0.2, 0.25) is 11.8 Å². The van der Waals surface area contributed by atoms with E-state index >= 15 is 0 Å². The van der Waals surface area contributed by atoms with Crippen molar-refractivity contribution in [3.63, 3.8) is 0 Å². The molecule has 0 radical (unpaired) electrons. The van der Waals surface area contributed by atoms with Gasteiger partial charge in [-0.1, -0.05) is 68.2 Å². The Morgan fingerprint density at radius 2 is 1.75 bits per heavy atom. The molecule has 2 aromatic rings. The molecule has 1 heterocycles. The Kier molecular flexibility index (Phi) is 11.5. The van der Waals surface area contributed by atoms with Crippen LogP contribution in [-0.2, 0) is 16.0 Å². The molecule has 3 unspecified atom stereocenters. The number of fused-ring (bicyclic) bond motifs is 1. The average molecular weight is 551 g/mol. The van der Waals surface area contributed by atoms with E-state index in [0.717, 1.165) is 5.56 Å². The predicted octanol–water partition coefficient (Wildman–Crippen LogP) is 1.28. The molecular weight excluding hydrogens is 508 g/mol. The maximum Gasteiger partial charge on any atom is 0.240 e. The number of nitrogens with zero attached hydrogens (tertiary/aromatic N) is 1. The number of ether oxygens (including phenoxy) is 1. The Bertz CT molecular complexity index is 1180. The van der Waals surface area contributed by atoms with Crippen LogP contribution in [0.1, 0.15) is 38.8 Å². The van der Waals surface area contributed by atoms with Crippen molar-refractivity contribution in [1.29, 1.82) is 0 Å². The van der Waals surface area contributed by atoms with Crippen molar-refractivity contribution in [3.05, 3.63) is 65.7 Å². The summed E-state index contributed by atoms with van der Waals surface area (Å²) in [7, 11) is 1.55. The first-order valence-electron chi connectivity index (χ1n) is 13.8. The number of carbonyl (C=O) groups is 2. The molecule has 0 spiro atoms. The molecule has 0 bridgehead atoms. The van der Waals surface area contributed by atoms with Gasteiger partial charge in [0.15, 0.2) is 0 Å². The molecule has 6 atom stereocenters. The fraction of sp³-hybridized carbons (Fsp3) is 0.484. The molecule has 5 N–H and O–H groups in total. The third kappa shape index (κ3) is 8.54. The number of hydrogen-bond acceptors (Lipinski definition) is 7. The van der Waals surface area contributed by atoms with Gasteiger partial charge >= 0.3 is 0 Å². The van der Waals surface area contributed by atoms with Gasteiger partial charge in [0.05, 0.1) is 35.8 Å². The Hall–Kier alpha value is -3.42. The fourth-order valence-electron chi connectivity index (χ4n) is 4.76. The van der Waals surface area contributed by atoms with Gasteiger partial charge < -0.3 is 30.5 Å². The van der Waals surface area contributed by atoms with E-state index in [1.807, 2.05) is 68.4 Å². The van der Waals surface area contributed by atoms with Crippen LogP contribution in [0.3, 0.4) is 0 Å². The summed E-state index contributed by atoms with van der Waals surface area (Å²) in [6.07, 6.45) is -2.20. The van der Waals surface area contributed by atoms with Crippen LogP contribution in [0.4, 0.5) is 0 Å². The molecule has 40 heavy (non-hydrogen) atoms. The molecule has 1 aliphatic rings. The van der Waals surface area contributed by atoms with Crippen LogP contribution < -0.4 is 20.7 Å². The van der Waals surface area contributed by atoms with E-state index in [2.05, 4.69) is 27.8 Å². The van der Waals surface area contributed by atoms with Crippen LogP contribution >= 0.6 is 0 Å². The zero-order valence-electron chi connectivity index (χ0n) is 23.9. The van der Waals surface area contributed by atoms with E-state index < -0.39 is 36.5 Å². The van der Waals surface area contributed by atoms with Gasteiger partial charge in [-0.2, -0.15) is 0 Å². The number of aliphatic hydroxyl groups excluding tert-OH is 2. The lowest BCUT2D eigenvalue weighted by Crippen LogP contribution is -2.63. The average Bonchev–Trinajstić information content (AvgIpc) is 2.91. The highest BCUT2D eigenvalue weighted by molar-refractivity contribution is 5.83. The standard InChI is InChI=1S/C31H42N4O5/c1-20(2)27-31(39)35(5)28(22(4)36)30(38)34-25(19-23-11-7-6-8-12-23)29(37)33-21(3)15-16-24-13-9-10-14-26(24)40-18-17-32-27/h6-14,20-22,25,27-28,30,32,34,36,38H,17-19H2,1-5H3,(H,33,37)/t21-,22?,25-,27?,28+,30?/m1/s1. The van der Waals surface area contributed by atoms with Gasteiger partial charge in [-0.3, -0.25) is 14.9 Å². The van der Waals surface area contributed by atoms with Gasteiger partial charge in [0.1, 0.15) is 18.6 Å². The lowest BCUT2D eigenvalue weighted by molar-refractivity contribution is -0.143. The highest BCUT2D eigenvalue weighted by Gasteiger charge is 2.37. The molecule has 216 valence electrons. The molecule has 0 aliphatic carbocycles. The van der Waals surface area contributed by atoms with Gasteiger partial charge in [-0.15, -0.1) is 0 Å². The van der Waals surface area contributed by atoms with Crippen molar-refractivity contribution < 1.29 is 24.5 Å². The summed E-state index contributed by atoms with van der Waals surface area (Å²) in [6, 6.07) is 13.9. The van der Waals surface area contributed by atoms with E-state index in [-0.39, 0.29) is 24.2 Å². The number of nitrogens with one attached hydrogen (secondary N) is 3. The summed E-state index contributed by atoms with van der Waals surface area (Å²) in [5.41, 5.74) is 1.58. The lowest BCUT2D eigenvalue weighted by atomic mass is 9.99. The number of carbonyl (C=O) groups excluding carboxylic acids is 2. The smallest absolute Gasteiger partial charge is 0.240 e. The lowest BCUT2D eigenvalue weighted by Gasteiger charge is -2.38. The zero-order chi connectivity index (χ0) is 29.2. The van der Waals surface area contributed by atoms with Gasteiger partial charge in [-0.05, 0) is 43.9 Å². The first-order chi connectivity index (χ1) is 19.1.